The number of hydrogen-bond donors (Lipinski definition) is 1. The second-order valence-corrected chi connectivity index (χ2v) is 4.75. The average Bonchev–Trinajstić information content (AvgIpc) is 2.85. The summed E-state index contributed by atoms with van der Waals surface area (Å²) in [4.78, 5) is 14.1. The molecule has 0 aromatic carbocycles. The first-order valence-corrected chi connectivity index (χ1v) is 6.06. The third-order valence-corrected chi connectivity index (χ3v) is 3.18. The second-order valence-electron chi connectivity index (χ2n) is 4.75. The van der Waals surface area contributed by atoms with Crippen molar-refractivity contribution in [2.24, 2.45) is 7.05 Å². The quantitative estimate of drug-likeness (QED) is 0.845. The van der Waals surface area contributed by atoms with Crippen LogP contribution in [0.1, 0.15) is 36.7 Å². The molecular weight excluding hydrogens is 218 g/mol. The van der Waals surface area contributed by atoms with Gasteiger partial charge < -0.3 is 10.0 Å². The van der Waals surface area contributed by atoms with Crippen LogP contribution in [0.4, 0.5) is 0 Å². The van der Waals surface area contributed by atoms with Gasteiger partial charge in [-0.15, -0.1) is 0 Å². The zero-order valence-corrected chi connectivity index (χ0v) is 10.3. The van der Waals surface area contributed by atoms with Gasteiger partial charge in [-0.1, -0.05) is 0 Å². The highest BCUT2D eigenvalue weighted by Gasteiger charge is 2.30. The van der Waals surface area contributed by atoms with Gasteiger partial charge in [-0.3, -0.25) is 9.48 Å². The standard InChI is InChI=1S/C12H19N3O2/c1-9(16)8-10-4-3-6-15(10)12(17)11-5-7-14(2)13-11/h5,7,9-10,16H,3-4,6,8H2,1-2H3. The van der Waals surface area contributed by atoms with Gasteiger partial charge in [0.2, 0.25) is 0 Å². The van der Waals surface area contributed by atoms with Gasteiger partial charge in [-0.2, -0.15) is 5.10 Å². The molecule has 1 aromatic heterocycles. The molecule has 1 N–H and O–H groups in total. The van der Waals surface area contributed by atoms with E-state index in [-0.39, 0.29) is 18.1 Å². The molecule has 1 aliphatic rings. The van der Waals surface area contributed by atoms with Gasteiger partial charge in [0.15, 0.2) is 0 Å². The summed E-state index contributed by atoms with van der Waals surface area (Å²) in [6.07, 6.45) is 4.04. The van der Waals surface area contributed by atoms with Crippen molar-refractivity contribution < 1.29 is 9.90 Å². The lowest BCUT2D eigenvalue weighted by molar-refractivity contribution is 0.0675. The van der Waals surface area contributed by atoms with Crippen LogP contribution in [0.15, 0.2) is 12.3 Å². The highest BCUT2D eigenvalue weighted by atomic mass is 16.3. The fraction of sp³-hybridized carbons (Fsp3) is 0.667. The van der Waals surface area contributed by atoms with Crippen LogP contribution in [0.25, 0.3) is 0 Å². The van der Waals surface area contributed by atoms with E-state index in [1.807, 2.05) is 4.90 Å². The maximum absolute atomic E-state index is 12.2. The molecule has 1 aromatic rings. The molecule has 0 radical (unpaired) electrons. The molecule has 1 aliphatic heterocycles. The Labute approximate surface area is 101 Å². The number of nitrogens with zero attached hydrogens (tertiary/aromatic N) is 3. The fourth-order valence-corrected chi connectivity index (χ4v) is 2.42. The Bertz CT molecular complexity index is 400. The lowest BCUT2D eigenvalue weighted by Crippen LogP contribution is -2.37. The smallest absolute Gasteiger partial charge is 0.274 e. The Balaban J connectivity index is 2.08. The van der Waals surface area contributed by atoms with Crippen molar-refractivity contribution in [1.82, 2.24) is 14.7 Å². The number of rotatable bonds is 3. The SMILES string of the molecule is CC(O)CC1CCCN1C(=O)c1ccn(C)n1. The van der Waals surface area contributed by atoms with Crippen LogP contribution in [-0.4, -0.2) is 44.4 Å². The van der Waals surface area contributed by atoms with E-state index in [1.54, 1.807) is 30.9 Å². The zero-order chi connectivity index (χ0) is 12.4. The van der Waals surface area contributed by atoms with E-state index in [0.717, 1.165) is 19.4 Å². The summed E-state index contributed by atoms with van der Waals surface area (Å²) >= 11 is 0. The first-order chi connectivity index (χ1) is 8.08. The van der Waals surface area contributed by atoms with E-state index in [4.69, 9.17) is 0 Å². The number of carbonyl (C=O) groups is 1. The van der Waals surface area contributed by atoms with Crippen molar-refractivity contribution in [1.29, 1.82) is 0 Å². The van der Waals surface area contributed by atoms with E-state index in [9.17, 15) is 9.90 Å². The van der Waals surface area contributed by atoms with Crippen molar-refractivity contribution >= 4 is 5.91 Å². The first-order valence-electron chi connectivity index (χ1n) is 6.06. The van der Waals surface area contributed by atoms with Crippen LogP contribution in [-0.2, 0) is 7.05 Å². The van der Waals surface area contributed by atoms with E-state index >= 15 is 0 Å². The lowest BCUT2D eigenvalue weighted by atomic mass is 10.1. The molecule has 0 bridgehead atoms. The summed E-state index contributed by atoms with van der Waals surface area (Å²) in [6, 6.07) is 1.89. The van der Waals surface area contributed by atoms with E-state index < -0.39 is 0 Å². The summed E-state index contributed by atoms with van der Waals surface area (Å²) in [5.41, 5.74) is 0.491. The highest BCUT2D eigenvalue weighted by molar-refractivity contribution is 5.92. The van der Waals surface area contributed by atoms with E-state index in [0.29, 0.717) is 12.1 Å². The lowest BCUT2D eigenvalue weighted by Gasteiger charge is -2.24. The van der Waals surface area contributed by atoms with Gasteiger partial charge >= 0.3 is 0 Å². The molecule has 2 heterocycles. The molecule has 1 amide bonds. The number of amides is 1. The minimum Gasteiger partial charge on any atom is -0.393 e. The molecule has 94 valence electrons. The Morgan fingerprint density at radius 2 is 2.47 bits per heavy atom. The average molecular weight is 237 g/mol. The van der Waals surface area contributed by atoms with Crippen molar-refractivity contribution in [2.75, 3.05) is 6.54 Å². The topological polar surface area (TPSA) is 58.4 Å². The Morgan fingerprint density at radius 3 is 3.06 bits per heavy atom. The van der Waals surface area contributed by atoms with Crippen LogP contribution < -0.4 is 0 Å². The summed E-state index contributed by atoms with van der Waals surface area (Å²) in [5, 5.41) is 13.6. The van der Waals surface area contributed by atoms with Crippen LogP contribution >= 0.6 is 0 Å². The third kappa shape index (κ3) is 2.66. The van der Waals surface area contributed by atoms with Gasteiger partial charge in [0.1, 0.15) is 5.69 Å². The van der Waals surface area contributed by atoms with Crippen LogP contribution in [0.3, 0.4) is 0 Å². The van der Waals surface area contributed by atoms with Crippen molar-refractivity contribution in [3.63, 3.8) is 0 Å². The summed E-state index contributed by atoms with van der Waals surface area (Å²) in [6.45, 7) is 2.54. The largest absolute Gasteiger partial charge is 0.393 e. The van der Waals surface area contributed by atoms with Gasteiger partial charge in [-0.25, -0.2) is 0 Å². The van der Waals surface area contributed by atoms with E-state index in [2.05, 4.69) is 5.10 Å². The van der Waals surface area contributed by atoms with Gasteiger partial charge in [0.05, 0.1) is 6.10 Å². The summed E-state index contributed by atoms with van der Waals surface area (Å²) in [5.74, 6) is -0.0197. The predicted octanol–water partition coefficient (Wildman–Crippen LogP) is 0.796. The molecule has 17 heavy (non-hydrogen) atoms. The maximum Gasteiger partial charge on any atom is 0.274 e. The summed E-state index contributed by atoms with van der Waals surface area (Å²) < 4.78 is 1.63. The van der Waals surface area contributed by atoms with Gasteiger partial charge in [0.25, 0.3) is 5.91 Å². The molecule has 5 heteroatoms. The molecular formula is C12H19N3O2. The zero-order valence-electron chi connectivity index (χ0n) is 10.3. The number of aryl methyl sites for hydroxylation is 1. The molecule has 0 saturated carbocycles. The molecule has 2 rings (SSSR count). The minimum absolute atomic E-state index is 0.0197. The first kappa shape index (κ1) is 12.1. The fourth-order valence-electron chi connectivity index (χ4n) is 2.42. The van der Waals surface area contributed by atoms with E-state index in [1.165, 1.54) is 0 Å². The molecule has 1 fully saturated rings. The second kappa shape index (κ2) is 4.87. The number of aromatic nitrogens is 2. The van der Waals surface area contributed by atoms with Gasteiger partial charge in [0, 0.05) is 25.8 Å². The van der Waals surface area contributed by atoms with Crippen LogP contribution in [0.2, 0.25) is 0 Å². The monoisotopic (exact) mass is 237 g/mol. The normalized spacial score (nSPS) is 21.8. The minimum atomic E-state index is -0.364. The van der Waals surface area contributed by atoms with Crippen LogP contribution in [0, 0.1) is 0 Å². The Morgan fingerprint density at radius 1 is 1.71 bits per heavy atom. The predicted molar refractivity (Wildman–Crippen MR) is 63.6 cm³/mol. The number of aliphatic hydroxyl groups excluding tert-OH is 1. The van der Waals surface area contributed by atoms with Crippen molar-refractivity contribution in [3.8, 4) is 0 Å². The molecule has 2 unspecified atom stereocenters. The molecule has 1 saturated heterocycles. The highest BCUT2D eigenvalue weighted by Crippen LogP contribution is 2.23. The molecule has 2 atom stereocenters. The van der Waals surface area contributed by atoms with Gasteiger partial charge in [-0.05, 0) is 32.3 Å². The Hall–Kier alpha value is -1.36. The molecule has 5 nitrogen and oxygen atoms in total. The molecule has 0 spiro atoms. The van der Waals surface area contributed by atoms with Crippen molar-refractivity contribution in [2.45, 2.75) is 38.3 Å². The van der Waals surface area contributed by atoms with Crippen molar-refractivity contribution in [3.05, 3.63) is 18.0 Å². The Kier molecular flexibility index (Phi) is 3.47. The van der Waals surface area contributed by atoms with Crippen LogP contribution in [0.5, 0.6) is 0 Å². The summed E-state index contributed by atoms with van der Waals surface area (Å²) in [7, 11) is 1.80. The third-order valence-electron chi connectivity index (χ3n) is 3.18. The number of aliphatic hydroxyl groups is 1. The number of hydrogen-bond acceptors (Lipinski definition) is 3. The number of carbonyl (C=O) groups excluding carboxylic acids is 1. The molecule has 0 aliphatic carbocycles. The maximum atomic E-state index is 12.2. The number of likely N-dealkylation sites (tertiary alicyclic amines) is 1.